The van der Waals surface area contributed by atoms with Crippen molar-refractivity contribution in [3.05, 3.63) is 0 Å². The highest BCUT2D eigenvalue weighted by atomic mass is 79.9. The van der Waals surface area contributed by atoms with Crippen LogP contribution in [0, 0.1) is 0 Å². The van der Waals surface area contributed by atoms with Gasteiger partial charge in [0.2, 0.25) is 0 Å². The van der Waals surface area contributed by atoms with Gasteiger partial charge in [-0.1, -0.05) is 27.7 Å². The summed E-state index contributed by atoms with van der Waals surface area (Å²) in [5.74, 6) is 1.16. The molecule has 1 aliphatic heterocycles. The van der Waals surface area contributed by atoms with Crippen molar-refractivity contribution >= 4 is 44.6 Å². The molecule has 2 unspecified atom stereocenters. The van der Waals surface area contributed by atoms with Crippen LogP contribution in [0.25, 0.3) is 0 Å². The largest absolute Gasteiger partial charge is 0.351 e. The predicted molar refractivity (Wildman–Crippen MR) is 73.1 cm³/mol. The second-order valence-electron chi connectivity index (χ2n) is 3.43. The van der Waals surface area contributed by atoms with Gasteiger partial charge in [0.25, 0.3) is 0 Å². The molecule has 1 heterocycles. The van der Waals surface area contributed by atoms with Gasteiger partial charge in [0, 0.05) is 29.4 Å². The van der Waals surface area contributed by atoms with Gasteiger partial charge in [-0.25, -0.2) is 0 Å². The zero-order valence-electron chi connectivity index (χ0n) is 8.86. The first kappa shape index (κ1) is 12.7. The van der Waals surface area contributed by atoms with Crippen molar-refractivity contribution in [3.8, 4) is 0 Å². The smallest absolute Gasteiger partial charge is 0.159 e. The van der Waals surface area contributed by atoms with Crippen LogP contribution in [0.3, 0.4) is 0 Å². The molecule has 0 bridgehead atoms. The fourth-order valence-corrected chi connectivity index (χ4v) is 3.53. The average Bonchev–Trinajstić information content (AvgIpc) is 2.65. The molecule has 0 saturated carbocycles. The Morgan fingerprint density at radius 2 is 2.50 bits per heavy atom. The molecule has 0 radical (unpaired) electrons. The molecule has 82 valence electrons. The Hall–Kier alpha value is 0.650. The third-order valence-electron chi connectivity index (χ3n) is 2.25. The highest BCUT2D eigenvalue weighted by Crippen LogP contribution is 2.25. The lowest BCUT2D eigenvalue weighted by molar-refractivity contribution is 0.431. The summed E-state index contributed by atoms with van der Waals surface area (Å²) in [6.45, 7) is 3.21. The van der Waals surface area contributed by atoms with Crippen LogP contribution in [0.4, 0.5) is 0 Å². The molecule has 0 N–H and O–H groups in total. The van der Waals surface area contributed by atoms with E-state index in [4.69, 9.17) is 0 Å². The van der Waals surface area contributed by atoms with Crippen LogP contribution >= 0.6 is 39.5 Å². The number of halogens is 1. The van der Waals surface area contributed by atoms with Gasteiger partial charge in [0.05, 0.1) is 6.54 Å². The maximum Gasteiger partial charge on any atom is 0.159 e. The number of hydrogen-bond donors (Lipinski definition) is 0. The summed E-state index contributed by atoms with van der Waals surface area (Å²) in [6, 6.07) is 0.574. The van der Waals surface area contributed by atoms with Gasteiger partial charge in [0.15, 0.2) is 5.17 Å². The minimum absolute atomic E-state index is 0.574. The van der Waals surface area contributed by atoms with Crippen molar-refractivity contribution in [2.75, 3.05) is 30.9 Å². The van der Waals surface area contributed by atoms with Crippen molar-refractivity contribution in [2.45, 2.75) is 18.2 Å². The molecule has 0 aromatic heterocycles. The number of nitrogens with zero attached hydrogens (tertiary/aromatic N) is 2. The minimum Gasteiger partial charge on any atom is -0.351 e. The van der Waals surface area contributed by atoms with Crippen molar-refractivity contribution in [3.63, 3.8) is 0 Å². The van der Waals surface area contributed by atoms with Crippen LogP contribution in [-0.2, 0) is 0 Å². The molecule has 0 aromatic rings. The van der Waals surface area contributed by atoms with Crippen LogP contribution in [0.15, 0.2) is 4.99 Å². The van der Waals surface area contributed by atoms with E-state index >= 15 is 0 Å². The zero-order valence-corrected chi connectivity index (χ0v) is 12.1. The van der Waals surface area contributed by atoms with Crippen molar-refractivity contribution in [1.29, 1.82) is 0 Å². The number of amidine groups is 1. The lowest BCUT2D eigenvalue weighted by atomic mass is 10.4. The van der Waals surface area contributed by atoms with Gasteiger partial charge in [-0.05, 0) is 13.2 Å². The summed E-state index contributed by atoms with van der Waals surface area (Å²) in [6.07, 6.45) is 2.15. The number of aliphatic imine (C=N–C) groups is 1. The fourth-order valence-electron chi connectivity index (χ4n) is 1.22. The Morgan fingerprint density at radius 3 is 3.00 bits per heavy atom. The minimum atomic E-state index is 0.574. The van der Waals surface area contributed by atoms with Gasteiger partial charge in [-0.2, -0.15) is 11.8 Å². The second-order valence-corrected chi connectivity index (χ2v) is 6.26. The van der Waals surface area contributed by atoms with Gasteiger partial charge in [-0.3, -0.25) is 4.99 Å². The van der Waals surface area contributed by atoms with Gasteiger partial charge in [0.1, 0.15) is 0 Å². The lowest BCUT2D eigenvalue weighted by Crippen LogP contribution is -2.34. The van der Waals surface area contributed by atoms with Crippen LogP contribution in [0.1, 0.15) is 6.92 Å². The van der Waals surface area contributed by atoms with Crippen molar-refractivity contribution in [2.24, 2.45) is 4.99 Å². The summed E-state index contributed by atoms with van der Waals surface area (Å²) in [7, 11) is 2.14. The summed E-state index contributed by atoms with van der Waals surface area (Å²) >= 11 is 7.28. The third kappa shape index (κ3) is 3.35. The molecule has 0 aliphatic carbocycles. The highest BCUT2D eigenvalue weighted by Gasteiger charge is 2.23. The molecule has 0 spiro atoms. The SMILES string of the molecule is CSCC(C)N(C)C1=NCC(CBr)S1. The molecule has 5 heteroatoms. The van der Waals surface area contributed by atoms with E-state index in [0.29, 0.717) is 11.3 Å². The summed E-state index contributed by atoms with van der Waals surface area (Å²) < 4.78 is 0. The van der Waals surface area contributed by atoms with Crippen LogP contribution < -0.4 is 0 Å². The van der Waals surface area contributed by atoms with Crippen LogP contribution in [0.5, 0.6) is 0 Å². The monoisotopic (exact) mass is 296 g/mol. The molecule has 1 rings (SSSR count). The van der Waals surface area contributed by atoms with Crippen molar-refractivity contribution in [1.82, 2.24) is 4.90 Å². The summed E-state index contributed by atoms with van der Waals surface area (Å²) in [5.41, 5.74) is 0. The highest BCUT2D eigenvalue weighted by molar-refractivity contribution is 9.09. The van der Waals surface area contributed by atoms with E-state index in [0.717, 1.165) is 17.6 Å². The Kier molecular flexibility index (Phi) is 5.71. The van der Waals surface area contributed by atoms with Gasteiger partial charge >= 0.3 is 0 Å². The first-order valence-corrected chi connectivity index (χ1v) is 8.07. The van der Waals surface area contributed by atoms with Crippen LogP contribution in [0.2, 0.25) is 0 Å². The third-order valence-corrected chi connectivity index (χ3v) is 5.55. The van der Waals surface area contributed by atoms with Crippen molar-refractivity contribution < 1.29 is 0 Å². The Bertz CT molecular complexity index is 211. The molecule has 14 heavy (non-hydrogen) atoms. The second kappa shape index (κ2) is 6.28. The number of thioether (sulfide) groups is 2. The first-order chi connectivity index (χ1) is 6.69. The molecular formula is C9H17BrN2S2. The predicted octanol–water partition coefficient (Wildman–Crippen LogP) is 2.54. The molecule has 1 aliphatic rings. The maximum atomic E-state index is 4.56. The van der Waals surface area contributed by atoms with Gasteiger partial charge < -0.3 is 4.90 Å². The first-order valence-electron chi connectivity index (χ1n) is 4.67. The molecule has 2 nitrogen and oxygen atoms in total. The zero-order chi connectivity index (χ0) is 10.6. The van der Waals surface area contributed by atoms with Gasteiger partial charge in [-0.15, -0.1) is 0 Å². The van der Waals surface area contributed by atoms with E-state index < -0.39 is 0 Å². The summed E-state index contributed by atoms with van der Waals surface area (Å²) in [5, 5.41) is 2.88. The van der Waals surface area contributed by atoms with E-state index in [2.05, 4.69) is 46.0 Å². The number of alkyl halides is 1. The topological polar surface area (TPSA) is 15.6 Å². The summed E-state index contributed by atoms with van der Waals surface area (Å²) in [4.78, 5) is 6.85. The quantitative estimate of drug-likeness (QED) is 0.742. The average molecular weight is 297 g/mol. The Labute approximate surface area is 103 Å². The maximum absolute atomic E-state index is 4.56. The van der Waals surface area contributed by atoms with Crippen LogP contribution in [-0.4, -0.2) is 52.3 Å². The van der Waals surface area contributed by atoms with E-state index in [9.17, 15) is 0 Å². The number of rotatable bonds is 4. The molecule has 0 aromatic carbocycles. The van der Waals surface area contributed by atoms with E-state index in [1.54, 1.807) is 0 Å². The molecule has 0 amide bonds. The van der Waals surface area contributed by atoms with E-state index in [1.165, 1.54) is 5.17 Å². The standard InChI is InChI=1S/C9H17BrN2S2/c1-7(6-13-3)12(2)9-11-5-8(4-10)14-9/h7-8H,4-6H2,1-3H3. The molecule has 2 atom stereocenters. The lowest BCUT2D eigenvalue weighted by Gasteiger charge is -2.25. The Morgan fingerprint density at radius 1 is 1.79 bits per heavy atom. The normalized spacial score (nSPS) is 23.4. The van der Waals surface area contributed by atoms with E-state index in [1.807, 2.05) is 23.5 Å². The molecule has 0 fully saturated rings. The number of hydrogen-bond acceptors (Lipinski definition) is 4. The molecule has 0 saturated heterocycles. The fraction of sp³-hybridized carbons (Fsp3) is 0.889. The molecular weight excluding hydrogens is 280 g/mol. The van der Waals surface area contributed by atoms with E-state index in [-0.39, 0.29) is 0 Å². The Balaban J connectivity index is 2.42.